The summed E-state index contributed by atoms with van der Waals surface area (Å²) in [7, 11) is -2.39. The van der Waals surface area contributed by atoms with E-state index in [9.17, 15) is 0 Å². The lowest BCUT2D eigenvalue weighted by Crippen LogP contribution is -1.97. The molecule has 0 saturated carbocycles. The lowest BCUT2D eigenvalue weighted by Gasteiger charge is -2.13. The van der Waals surface area contributed by atoms with Gasteiger partial charge in [-0.15, -0.1) is 13.2 Å². The highest BCUT2D eigenvalue weighted by Gasteiger charge is 2.10. The van der Waals surface area contributed by atoms with Crippen LogP contribution in [0, 0.1) is 0 Å². The molecular formula is C12H15O3P. The Morgan fingerprint density at radius 2 is 1.88 bits per heavy atom. The van der Waals surface area contributed by atoms with Crippen LogP contribution in [0.3, 0.4) is 0 Å². The molecule has 0 amide bonds. The van der Waals surface area contributed by atoms with Crippen molar-refractivity contribution >= 4 is 8.60 Å². The molecule has 4 heteroatoms. The van der Waals surface area contributed by atoms with Gasteiger partial charge in [0.25, 0.3) is 0 Å². The average Bonchev–Trinajstić information content (AvgIpc) is 2.22. The van der Waals surface area contributed by atoms with Crippen molar-refractivity contribution < 1.29 is 14.3 Å². The quantitative estimate of drug-likeness (QED) is 0.591. The van der Waals surface area contributed by atoms with Gasteiger partial charge in [-0.05, 0) is 24.5 Å². The molecule has 0 heterocycles. The second-order valence-electron chi connectivity index (χ2n) is 3.22. The standard InChI is InChI=1S/C12H15O3P/c1-3-6-10-8-5-9-12(15-16(13)14)11(10)7-4-2/h3-5,8-9,13-14H,1-2,6-7H2. The maximum absolute atomic E-state index is 8.87. The van der Waals surface area contributed by atoms with E-state index in [0.717, 1.165) is 17.5 Å². The van der Waals surface area contributed by atoms with Crippen LogP contribution < -0.4 is 4.52 Å². The number of hydrogen-bond donors (Lipinski definition) is 2. The van der Waals surface area contributed by atoms with Crippen LogP contribution in [0.4, 0.5) is 0 Å². The SMILES string of the molecule is C=CCc1cccc(OP(O)O)c1CC=C. The highest BCUT2D eigenvalue weighted by molar-refractivity contribution is 7.39. The highest BCUT2D eigenvalue weighted by Crippen LogP contribution is 2.33. The lowest BCUT2D eigenvalue weighted by atomic mass is 10.0. The summed E-state index contributed by atoms with van der Waals surface area (Å²) in [4.78, 5) is 17.7. The maximum atomic E-state index is 8.87. The second-order valence-corrected chi connectivity index (χ2v) is 3.91. The zero-order valence-electron chi connectivity index (χ0n) is 8.97. The maximum Gasteiger partial charge on any atom is 0.391 e. The molecule has 1 aromatic rings. The Balaban J connectivity index is 3.09. The summed E-state index contributed by atoms with van der Waals surface area (Å²) >= 11 is 0. The predicted molar refractivity (Wildman–Crippen MR) is 66.2 cm³/mol. The molecule has 0 unspecified atom stereocenters. The van der Waals surface area contributed by atoms with E-state index in [1.54, 1.807) is 18.2 Å². The van der Waals surface area contributed by atoms with E-state index < -0.39 is 8.60 Å². The Hall–Kier alpha value is -1.15. The van der Waals surface area contributed by atoms with E-state index in [1.165, 1.54) is 0 Å². The monoisotopic (exact) mass is 238 g/mol. The molecule has 1 rings (SSSR count). The van der Waals surface area contributed by atoms with Crippen molar-refractivity contribution in [3.63, 3.8) is 0 Å². The van der Waals surface area contributed by atoms with Gasteiger partial charge >= 0.3 is 8.60 Å². The molecule has 0 aliphatic carbocycles. The molecule has 86 valence electrons. The summed E-state index contributed by atoms with van der Waals surface area (Å²) in [5.41, 5.74) is 1.98. The average molecular weight is 238 g/mol. The van der Waals surface area contributed by atoms with Crippen LogP contribution in [0.5, 0.6) is 5.75 Å². The fourth-order valence-corrected chi connectivity index (χ4v) is 1.85. The van der Waals surface area contributed by atoms with Crippen molar-refractivity contribution in [3.05, 3.63) is 54.6 Å². The van der Waals surface area contributed by atoms with Crippen molar-refractivity contribution in [2.45, 2.75) is 12.8 Å². The van der Waals surface area contributed by atoms with E-state index in [4.69, 9.17) is 14.3 Å². The van der Waals surface area contributed by atoms with Crippen LogP contribution >= 0.6 is 8.60 Å². The van der Waals surface area contributed by atoms with Gasteiger partial charge < -0.3 is 14.3 Å². The summed E-state index contributed by atoms with van der Waals surface area (Å²) in [5.74, 6) is 0.496. The number of benzene rings is 1. The van der Waals surface area contributed by atoms with Gasteiger partial charge in [0, 0.05) is 5.56 Å². The van der Waals surface area contributed by atoms with Crippen molar-refractivity contribution in [2.75, 3.05) is 0 Å². The minimum absolute atomic E-state index is 0.496. The molecule has 0 saturated heterocycles. The molecule has 0 spiro atoms. The van der Waals surface area contributed by atoms with Crippen molar-refractivity contribution in [1.29, 1.82) is 0 Å². The van der Waals surface area contributed by atoms with Crippen LogP contribution in [-0.4, -0.2) is 9.79 Å². The molecule has 0 atom stereocenters. The predicted octanol–water partition coefficient (Wildman–Crippen LogP) is 2.73. The Morgan fingerprint density at radius 3 is 2.44 bits per heavy atom. The van der Waals surface area contributed by atoms with E-state index in [-0.39, 0.29) is 0 Å². The van der Waals surface area contributed by atoms with Gasteiger partial charge in [0.2, 0.25) is 0 Å². The Labute approximate surface area is 96.7 Å². The van der Waals surface area contributed by atoms with Crippen molar-refractivity contribution in [1.82, 2.24) is 0 Å². The first-order valence-corrected chi connectivity index (χ1v) is 6.04. The highest BCUT2D eigenvalue weighted by atomic mass is 31.2. The van der Waals surface area contributed by atoms with E-state index in [2.05, 4.69) is 13.2 Å². The smallest absolute Gasteiger partial charge is 0.391 e. The molecule has 0 aliphatic heterocycles. The minimum Gasteiger partial charge on any atom is -0.427 e. The van der Waals surface area contributed by atoms with Gasteiger partial charge in [-0.2, -0.15) is 0 Å². The van der Waals surface area contributed by atoms with Crippen molar-refractivity contribution in [3.8, 4) is 5.75 Å². The Kier molecular flexibility index (Phi) is 5.20. The molecule has 1 aromatic carbocycles. The molecule has 16 heavy (non-hydrogen) atoms. The van der Waals surface area contributed by atoms with Gasteiger partial charge in [0.05, 0.1) is 0 Å². The number of rotatable bonds is 6. The van der Waals surface area contributed by atoms with Gasteiger partial charge in [0.1, 0.15) is 5.75 Å². The minimum atomic E-state index is -2.39. The summed E-state index contributed by atoms with van der Waals surface area (Å²) in [6.45, 7) is 7.36. The first-order chi connectivity index (χ1) is 7.69. The van der Waals surface area contributed by atoms with Crippen LogP contribution in [-0.2, 0) is 12.8 Å². The fraction of sp³-hybridized carbons (Fsp3) is 0.167. The molecular weight excluding hydrogens is 223 g/mol. The van der Waals surface area contributed by atoms with E-state index in [0.29, 0.717) is 12.2 Å². The van der Waals surface area contributed by atoms with Crippen LogP contribution in [0.1, 0.15) is 11.1 Å². The molecule has 0 bridgehead atoms. The Bertz CT molecular complexity index is 375. The third-order valence-electron chi connectivity index (χ3n) is 2.12. The molecule has 0 aliphatic rings. The number of allylic oxidation sites excluding steroid dienone is 2. The molecule has 2 N–H and O–H groups in total. The number of hydrogen-bond acceptors (Lipinski definition) is 3. The third kappa shape index (κ3) is 3.46. The first-order valence-electron chi connectivity index (χ1n) is 4.87. The summed E-state index contributed by atoms with van der Waals surface area (Å²) in [6.07, 6.45) is 4.90. The zero-order chi connectivity index (χ0) is 12.0. The summed E-state index contributed by atoms with van der Waals surface area (Å²) in [6, 6.07) is 5.50. The van der Waals surface area contributed by atoms with Crippen molar-refractivity contribution in [2.24, 2.45) is 0 Å². The molecule has 3 nitrogen and oxygen atoms in total. The molecule has 0 radical (unpaired) electrons. The van der Waals surface area contributed by atoms with Gasteiger partial charge in [-0.1, -0.05) is 24.3 Å². The normalized spacial score (nSPS) is 10.2. The van der Waals surface area contributed by atoms with Crippen LogP contribution in [0.15, 0.2) is 43.5 Å². The Morgan fingerprint density at radius 1 is 1.19 bits per heavy atom. The van der Waals surface area contributed by atoms with Gasteiger partial charge in [-0.3, -0.25) is 0 Å². The third-order valence-corrected chi connectivity index (χ3v) is 2.48. The van der Waals surface area contributed by atoms with E-state index in [1.807, 2.05) is 12.1 Å². The van der Waals surface area contributed by atoms with Crippen LogP contribution in [0.25, 0.3) is 0 Å². The second kappa shape index (κ2) is 6.44. The zero-order valence-corrected chi connectivity index (χ0v) is 9.86. The first kappa shape index (κ1) is 12.9. The lowest BCUT2D eigenvalue weighted by molar-refractivity contribution is 0.373. The largest absolute Gasteiger partial charge is 0.427 e. The summed E-state index contributed by atoms with van der Waals surface area (Å²) < 4.78 is 4.98. The molecule has 0 fully saturated rings. The topological polar surface area (TPSA) is 49.7 Å². The summed E-state index contributed by atoms with van der Waals surface area (Å²) in [5, 5.41) is 0. The van der Waals surface area contributed by atoms with Gasteiger partial charge in [-0.25, -0.2) is 0 Å². The molecule has 0 aromatic heterocycles. The van der Waals surface area contributed by atoms with Crippen LogP contribution in [0.2, 0.25) is 0 Å². The van der Waals surface area contributed by atoms with E-state index >= 15 is 0 Å². The van der Waals surface area contributed by atoms with Gasteiger partial charge in [0.15, 0.2) is 0 Å². The fourth-order valence-electron chi connectivity index (χ4n) is 1.51.